The zero-order chi connectivity index (χ0) is 11.2. The minimum atomic E-state index is 0.611. The third-order valence-corrected chi connectivity index (χ3v) is 3.70. The first-order valence-electron chi connectivity index (χ1n) is 6.02. The molecular weight excluding hydrogens is 222 g/mol. The molecule has 16 heavy (non-hydrogen) atoms. The summed E-state index contributed by atoms with van der Waals surface area (Å²) in [5.41, 5.74) is 0. The van der Waals surface area contributed by atoms with Gasteiger partial charge in [0.15, 0.2) is 0 Å². The predicted molar refractivity (Wildman–Crippen MR) is 65.7 cm³/mol. The first-order chi connectivity index (χ1) is 7.88. The molecule has 1 heterocycles. The standard InChI is InChI=1S/C11H19N3OS/c1-2-12-11-14-13-10(16-11)8-15-7-9-5-3-4-6-9/h9H,2-8H2,1H3,(H,12,14). The van der Waals surface area contributed by atoms with Crippen molar-refractivity contribution in [3.8, 4) is 0 Å². The van der Waals surface area contributed by atoms with Crippen molar-refractivity contribution in [3.05, 3.63) is 5.01 Å². The molecule has 0 amide bonds. The molecule has 1 aliphatic rings. The number of anilines is 1. The molecule has 5 heteroatoms. The lowest BCUT2D eigenvalue weighted by Gasteiger charge is -2.07. The van der Waals surface area contributed by atoms with Gasteiger partial charge in [-0.2, -0.15) is 0 Å². The Balaban J connectivity index is 1.67. The van der Waals surface area contributed by atoms with E-state index >= 15 is 0 Å². The van der Waals surface area contributed by atoms with Crippen LogP contribution in [0.5, 0.6) is 0 Å². The van der Waals surface area contributed by atoms with E-state index in [9.17, 15) is 0 Å². The van der Waals surface area contributed by atoms with E-state index in [1.807, 2.05) is 0 Å². The van der Waals surface area contributed by atoms with Gasteiger partial charge in [0.2, 0.25) is 5.13 Å². The van der Waals surface area contributed by atoms with E-state index in [1.165, 1.54) is 25.7 Å². The molecule has 1 N–H and O–H groups in total. The Morgan fingerprint density at radius 1 is 1.38 bits per heavy atom. The number of hydrogen-bond acceptors (Lipinski definition) is 5. The average molecular weight is 241 g/mol. The van der Waals surface area contributed by atoms with E-state index in [2.05, 4.69) is 22.4 Å². The maximum Gasteiger partial charge on any atom is 0.205 e. The molecule has 0 bridgehead atoms. The van der Waals surface area contributed by atoms with E-state index in [0.29, 0.717) is 6.61 Å². The fourth-order valence-corrected chi connectivity index (χ4v) is 2.77. The van der Waals surface area contributed by atoms with Crippen LogP contribution in [0.2, 0.25) is 0 Å². The van der Waals surface area contributed by atoms with Crippen LogP contribution in [0, 0.1) is 5.92 Å². The number of rotatable bonds is 6. The number of nitrogens with one attached hydrogen (secondary N) is 1. The van der Waals surface area contributed by atoms with Crippen LogP contribution in [0.3, 0.4) is 0 Å². The summed E-state index contributed by atoms with van der Waals surface area (Å²) in [6.45, 7) is 4.44. The van der Waals surface area contributed by atoms with Gasteiger partial charge in [-0.1, -0.05) is 24.2 Å². The maximum atomic E-state index is 5.68. The second kappa shape index (κ2) is 6.15. The average Bonchev–Trinajstić information content (AvgIpc) is 2.90. The fraction of sp³-hybridized carbons (Fsp3) is 0.818. The molecule has 4 nitrogen and oxygen atoms in total. The van der Waals surface area contributed by atoms with Crippen molar-refractivity contribution in [3.63, 3.8) is 0 Å². The minimum absolute atomic E-state index is 0.611. The van der Waals surface area contributed by atoms with Gasteiger partial charge in [-0.25, -0.2) is 0 Å². The van der Waals surface area contributed by atoms with Crippen molar-refractivity contribution in [2.24, 2.45) is 5.92 Å². The Hall–Kier alpha value is -0.680. The molecular formula is C11H19N3OS. The third-order valence-electron chi connectivity index (χ3n) is 2.85. The highest BCUT2D eigenvalue weighted by Gasteiger charge is 2.15. The molecule has 1 aliphatic carbocycles. The third kappa shape index (κ3) is 3.42. The molecule has 0 aromatic carbocycles. The van der Waals surface area contributed by atoms with Gasteiger partial charge >= 0.3 is 0 Å². The number of nitrogens with zero attached hydrogens (tertiary/aromatic N) is 2. The summed E-state index contributed by atoms with van der Waals surface area (Å²) in [7, 11) is 0. The molecule has 1 aromatic heterocycles. The van der Waals surface area contributed by atoms with E-state index in [0.717, 1.165) is 29.2 Å². The lowest BCUT2D eigenvalue weighted by molar-refractivity contribution is 0.0884. The lowest BCUT2D eigenvalue weighted by Crippen LogP contribution is -2.05. The Morgan fingerprint density at radius 2 is 2.19 bits per heavy atom. The van der Waals surface area contributed by atoms with Gasteiger partial charge in [0, 0.05) is 13.2 Å². The van der Waals surface area contributed by atoms with Gasteiger partial charge in [0.05, 0.1) is 0 Å². The van der Waals surface area contributed by atoms with Crippen LogP contribution in [0.1, 0.15) is 37.6 Å². The number of aromatic nitrogens is 2. The van der Waals surface area contributed by atoms with Crippen LogP contribution < -0.4 is 5.32 Å². The Bertz CT molecular complexity index is 310. The summed E-state index contributed by atoms with van der Waals surface area (Å²) in [5, 5.41) is 13.1. The second-order valence-electron chi connectivity index (χ2n) is 4.20. The van der Waals surface area contributed by atoms with Gasteiger partial charge in [-0.05, 0) is 25.7 Å². The molecule has 0 unspecified atom stereocenters. The zero-order valence-corrected chi connectivity index (χ0v) is 10.6. The predicted octanol–water partition coefficient (Wildman–Crippen LogP) is 2.68. The largest absolute Gasteiger partial charge is 0.374 e. The molecule has 0 saturated heterocycles. The quantitative estimate of drug-likeness (QED) is 0.831. The summed E-state index contributed by atoms with van der Waals surface area (Å²) in [6, 6.07) is 0. The van der Waals surface area contributed by atoms with Crippen LogP contribution in [0.25, 0.3) is 0 Å². The van der Waals surface area contributed by atoms with Crippen molar-refractivity contribution < 1.29 is 4.74 Å². The van der Waals surface area contributed by atoms with E-state index in [-0.39, 0.29) is 0 Å². The highest BCUT2D eigenvalue weighted by Crippen LogP contribution is 2.25. The Morgan fingerprint density at radius 3 is 2.94 bits per heavy atom. The summed E-state index contributed by atoms with van der Waals surface area (Å²) < 4.78 is 5.68. The van der Waals surface area contributed by atoms with E-state index in [1.54, 1.807) is 11.3 Å². The van der Waals surface area contributed by atoms with Crippen LogP contribution in [-0.4, -0.2) is 23.3 Å². The van der Waals surface area contributed by atoms with Crippen LogP contribution in [0.4, 0.5) is 5.13 Å². The first kappa shape index (κ1) is 11.8. The Kier molecular flexibility index (Phi) is 4.54. The van der Waals surface area contributed by atoms with E-state index in [4.69, 9.17) is 4.74 Å². The minimum Gasteiger partial charge on any atom is -0.374 e. The molecule has 0 spiro atoms. The normalized spacial score (nSPS) is 16.8. The van der Waals surface area contributed by atoms with Gasteiger partial charge in [0.1, 0.15) is 11.6 Å². The Labute approximate surface area is 100 Å². The van der Waals surface area contributed by atoms with Crippen molar-refractivity contribution >= 4 is 16.5 Å². The van der Waals surface area contributed by atoms with E-state index < -0.39 is 0 Å². The molecule has 0 radical (unpaired) electrons. The summed E-state index contributed by atoms with van der Waals surface area (Å²) in [4.78, 5) is 0. The maximum absolute atomic E-state index is 5.68. The molecule has 2 rings (SSSR count). The summed E-state index contributed by atoms with van der Waals surface area (Å²) in [6.07, 6.45) is 5.41. The van der Waals surface area contributed by atoms with Crippen molar-refractivity contribution in [2.75, 3.05) is 18.5 Å². The molecule has 1 aromatic rings. The summed E-state index contributed by atoms with van der Waals surface area (Å²) in [5.74, 6) is 0.779. The van der Waals surface area contributed by atoms with Gasteiger partial charge in [-0.3, -0.25) is 0 Å². The molecule has 1 fully saturated rings. The number of ether oxygens (including phenoxy) is 1. The first-order valence-corrected chi connectivity index (χ1v) is 6.84. The van der Waals surface area contributed by atoms with Gasteiger partial charge < -0.3 is 10.1 Å². The zero-order valence-electron chi connectivity index (χ0n) is 9.74. The van der Waals surface area contributed by atoms with Crippen LogP contribution >= 0.6 is 11.3 Å². The van der Waals surface area contributed by atoms with Crippen molar-refractivity contribution in [2.45, 2.75) is 39.2 Å². The van der Waals surface area contributed by atoms with Gasteiger partial charge in [-0.15, -0.1) is 10.2 Å². The summed E-state index contributed by atoms with van der Waals surface area (Å²) >= 11 is 1.58. The molecule has 1 saturated carbocycles. The smallest absolute Gasteiger partial charge is 0.205 e. The van der Waals surface area contributed by atoms with Crippen LogP contribution in [0.15, 0.2) is 0 Å². The van der Waals surface area contributed by atoms with Gasteiger partial charge in [0.25, 0.3) is 0 Å². The highest BCUT2D eigenvalue weighted by molar-refractivity contribution is 7.15. The van der Waals surface area contributed by atoms with Crippen LogP contribution in [-0.2, 0) is 11.3 Å². The highest BCUT2D eigenvalue weighted by atomic mass is 32.1. The molecule has 90 valence electrons. The topological polar surface area (TPSA) is 47.0 Å². The fourth-order valence-electron chi connectivity index (χ4n) is 2.02. The van der Waals surface area contributed by atoms with Crippen molar-refractivity contribution in [1.82, 2.24) is 10.2 Å². The molecule has 0 atom stereocenters. The lowest BCUT2D eigenvalue weighted by atomic mass is 10.1. The second-order valence-corrected chi connectivity index (χ2v) is 5.26. The SMILES string of the molecule is CCNc1nnc(COCC2CCCC2)s1. The molecule has 0 aliphatic heterocycles. The number of hydrogen-bond donors (Lipinski definition) is 1. The van der Waals surface area contributed by atoms with Crippen molar-refractivity contribution in [1.29, 1.82) is 0 Å². The monoisotopic (exact) mass is 241 g/mol.